The number of allylic oxidation sites excluding steroid dienone is 1. The van der Waals surface area contributed by atoms with Crippen LogP contribution in [0.15, 0.2) is 72.0 Å². The summed E-state index contributed by atoms with van der Waals surface area (Å²) in [4.78, 5) is 25.0. The Labute approximate surface area is 159 Å². The molecule has 2 aromatic carbocycles. The van der Waals surface area contributed by atoms with Gasteiger partial charge in [-0.1, -0.05) is 48.5 Å². The number of esters is 1. The fourth-order valence-corrected chi connectivity index (χ4v) is 3.01. The van der Waals surface area contributed by atoms with E-state index < -0.39 is 5.97 Å². The molecule has 1 aliphatic rings. The van der Waals surface area contributed by atoms with Crippen molar-refractivity contribution in [3.63, 3.8) is 0 Å². The van der Waals surface area contributed by atoms with E-state index in [9.17, 15) is 9.59 Å². The predicted octanol–water partition coefficient (Wildman–Crippen LogP) is 3.74. The van der Waals surface area contributed by atoms with Gasteiger partial charge in [0.2, 0.25) is 6.04 Å². The number of carbonyl (C=O) groups excluding carboxylic acids is 2. The van der Waals surface area contributed by atoms with E-state index in [2.05, 4.69) is 6.72 Å². The van der Waals surface area contributed by atoms with E-state index in [1.54, 1.807) is 28.9 Å². The lowest BCUT2D eigenvalue weighted by Crippen LogP contribution is -2.34. The Bertz CT molecular complexity index is 884. The van der Waals surface area contributed by atoms with Crippen LogP contribution in [0, 0.1) is 0 Å². The highest BCUT2D eigenvalue weighted by Crippen LogP contribution is 2.29. The van der Waals surface area contributed by atoms with Gasteiger partial charge in [0.05, 0.1) is 5.56 Å². The number of benzene rings is 2. The summed E-state index contributed by atoms with van der Waals surface area (Å²) in [6, 6.07) is 18.5. The molecule has 0 spiro atoms. The van der Waals surface area contributed by atoms with Crippen molar-refractivity contribution in [3.05, 3.63) is 83.1 Å². The van der Waals surface area contributed by atoms with E-state index in [0.29, 0.717) is 17.7 Å². The van der Waals surface area contributed by atoms with Crippen LogP contribution in [-0.4, -0.2) is 34.8 Å². The molecule has 5 heteroatoms. The molecular weight excluding hydrogens is 340 g/mol. The van der Waals surface area contributed by atoms with E-state index in [1.165, 1.54) is 5.01 Å². The number of ether oxygens (including phenoxy) is 1. The van der Waals surface area contributed by atoms with E-state index in [4.69, 9.17) is 4.74 Å². The van der Waals surface area contributed by atoms with Gasteiger partial charge in [-0.15, -0.1) is 9.69 Å². The van der Waals surface area contributed by atoms with Crippen LogP contribution >= 0.6 is 0 Å². The van der Waals surface area contributed by atoms with E-state index in [0.717, 1.165) is 11.1 Å². The third-order valence-electron chi connectivity index (χ3n) is 4.59. The van der Waals surface area contributed by atoms with Crippen molar-refractivity contribution < 1.29 is 19.0 Å². The highest BCUT2D eigenvalue weighted by Gasteiger charge is 2.42. The van der Waals surface area contributed by atoms with Gasteiger partial charge < -0.3 is 4.74 Å². The van der Waals surface area contributed by atoms with Gasteiger partial charge in [0.25, 0.3) is 5.91 Å². The summed E-state index contributed by atoms with van der Waals surface area (Å²) < 4.78 is 7.27. The summed E-state index contributed by atoms with van der Waals surface area (Å²) in [5.41, 5.74) is 2.34. The summed E-state index contributed by atoms with van der Waals surface area (Å²) in [5.74, 6) is -0.0263. The molecular formula is C22H23N2O3+. The van der Waals surface area contributed by atoms with Crippen LogP contribution in [0.1, 0.15) is 42.2 Å². The second-order valence-corrected chi connectivity index (χ2v) is 6.70. The van der Waals surface area contributed by atoms with Crippen LogP contribution in [0.2, 0.25) is 0 Å². The normalized spacial score (nSPS) is 16.4. The predicted molar refractivity (Wildman–Crippen MR) is 103 cm³/mol. The average Bonchev–Trinajstić information content (AvgIpc) is 2.96. The minimum atomic E-state index is -0.436. The van der Waals surface area contributed by atoms with Crippen LogP contribution in [0.4, 0.5) is 0 Å². The number of hydrogen-bond donors (Lipinski definition) is 0. The Morgan fingerprint density at radius 3 is 2.30 bits per heavy atom. The zero-order chi connectivity index (χ0) is 19.4. The summed E-state index contributed by atoms with van der Waals surface area (Å²) in [6.07, 6.45) is 0.343. The van der Waals surface area contributed by atoms with Crippen molar-refractivity contribution in [2.45, 2.75) is 26.3 Å². The van der Waals surface area contributed by atoms with Crippen LogP contribution in [0.25, 0.3) is 0 Å². The van der Waals surface area contributed by atoms with Gasteiger partial charge in [0.1, 0.15) is 18.7 Å². The maximum atomic E-state index is 12.6. The molecule has 0 aliphatic carbocycles. The first kappa shape index (κ1) is 18.6. The lowest BCUT2D eigenvalue weighted by atomic mass is 10.1. The maximum Gasteiger partial charge on any atom is 0.343 e. The molecule has 1 aliphatic heterocycles. The monoisotopic (exact) mass is 363 g/mol. The van der Waals surface area contributed by atoms with Crippen molar-refractivity contribution in [2.24, 2.45) is 0 Å². The number of amides is 1. The number of hydrazone groups is 1. The van der Waals surface area contributed by atoms with Crippen molar-refractivity contribution in [3.8, 4) is 0 Å². The molecule has 0 radical (unpaired) electrons. The number of hydrogen-bond acceptors (Lipinski definition) is 3. The molecule has 1 saturated heterocycles. The second-order valence-electron chi connectivity index (χ2n) is 6.70. The summed E-state index contributed by atoms with van der Waals surface area (Å²) in [7, 11) is 0. The fraction of sp³-hybridized carbons (Fsp3) is 0.227. The Morgan fingerprint density at radius 1 is 1.11 bits per heavy atom. The molecule has 27 heavy (non-hydrogen) atoms. The molecule has 1 amide bonds. The summed E-state index contributed by atoms with van der Waals surface area (Å²) in [5, 5.41) is 1.54. The third kappa shape index (κ3) is 4.14. The van der Waals surface area contributed by atoms with Crippen molar-refractivity contribution in [2.75, 3.05) is 6.54 Å². The smallest absolute Gasteiger partial charge is 0.343 e. The number of rotatable bonds is 5. The Balaban J connectivity index is 1.75. The van der Waals surface area contributed by atoms with Crippen LogP contribution in [-0.2, 0) is 9.53 Å². The lowest BCUT2D eigenvalue weighted by Gasteiger charge is -2.16. The van der Waals surface area contributed by atoms with Gasteiger partial charge in [-0.25, -0.2) is 4.79 Å². The largest absolute Gasteiger partial charge is 0.425 e. The molecule has 0 unspecified atom stereocenters. The van der Waals surface area contributed by atoms with Gasteiger partial charge in [-0.3, -0.25) is 4.79 Å². The molecule has 5 nitrogen and oxygen atoms in total. The van der Waals surface area contributed by atoms with Crippen LogP contribution in [0.3, 0.4) is 0 Å². The highest BCUT2D eigenvalue weighted by molar-refractivity contribution is 5.90. The lowest BCUT2D eigenvalue weighted by molar-refractivity contribution is -0.680. The highest BCUT2D eigenvalue weighted by atomic mass is 16.5. The van der Waals surface area contributed by atoms with Gasteiger partial charge in [-0.05, 0) is 31.6 Å². The van der Waals surface area contributed by atoms with E-state index >= 15 is 0 Å². The molecule has 0 N–H and O–H groups in total. The third-order valence-corrected chi connectivity index (χ3v) is 4.59. The minimum Gasteiger partial charge on any atom is -0.425 e. The average molecular weight is 363 g/mol. The van der Waals surface area contributed by atoms with Crippen molar-refractivity contribution in [1.82, 2.24) is 5.01 Å². The topological polar surface area (TPSA) is 49.6 Å². The first-order valence-electron chi connectivity index (χ1n) is 8.86. The molecule has 0 bridgehead atoms. The Morgan fingerprint density at radius 2 is 1.70 bits per heavy atom. The first-order valence-corrected chi connectivity index (χ1v) is 8.86. The SMILES string of the molecule is C=[N+]1[C@@H](c2ccccc2)CC(=O)N1CC(OC(=O)c1ccccc1)=C(C)C. The molecule has 2 aromatic rings. The van der Waals surface area contributed by atoms with Crippen molar-refractivity contribution in [1.29, 1.82) is 0 Å². The van der Waals surface area contributed by atoms with E-state index in [1.807, 2.05) is 50.2 Å². The first-order chi connectivity index (χ1) is 13.0. The standard InChI is InChI=1S/C22H23N2O3/c1-16(2)20(27-22(26)18-12-8-5-9-13-18)15-24-21(25)14-19(23(24)3)17-10-6-4-7-11-17/h4-13,19H,3,14-15H2,1-2H3/q+1/t19-/m1/s1. The van der Waals surface area contributed by atoms with E-state index in [-0.39, 0.29) is 18.5 Å². The second kappa shape index (κ2) is 7.99. The maximum absolute atomic E-state index is 12.6. The van der Waals surface area contributed by atoms with Crippen LogP contribution < -0.4 is 0 Å². The molecule has 138 valence electrons. The molecule has 0 aromatic heterocycles. The molecule has 0 saturated carbocycles. The van der Waals surface area contributed by atoms with Gasteiger partial charge >= 0.3 is 5.97 Å². The Hall–Kier alpha value is -3.21. The molecule has 1 fully saturated rings. The van der Waals surface area contributed by atoms with Crippen molar-refractivity contribution >= 4 is 18.6 Å². The summed E-state index contributed by atoms with van der Waals surface area (Å²) in [6.45, 7) is 7.94. The molecule has 1 heterocycles. The number of nitrogens with zero attached hydrogens (tertiary/aromatic N) is 2. The van der Waals surface area contributed by atoms with Gasteiger partial charge in [0.15, 0.2) is 6.72 Å². The fourth-order valence-electron chi connectivity index (χ4n) is 3.01. The number of carbonyl (C=O) groups is 2. The zero-order valence-corrected chi connectivity index (χ0v) is 15.6. The quantitative estimate of drug-likeness (QED) is 0.462. The summed E-state index contributed by atoms with van der Waals surface area (Å²) >= 11 is 0. The Kier molecular flexibility index (Phi) is 5.50. The molecule has 3 rings (SSSR count). The van der Waals surface area contributed by atoms with Gasteiger partial charge in [-0.2, -0.15) is 0 Å². The number of hydrazine groups is 1. The van der Waals surface area contributed by atoms with Gasteiger partial charge in [0, 0.05) is 5.56 Å². The van der Waals surface area contributed by atoms with Crippen LogP contribution in [0.5, 0.6) is 0 Å². The molecule has 1 atom stereocenters. The zero-order valence-electron chi connectivity index (χ0n) is 15.6. The minimum absolute atomic E-state index is 0.0478.